The number of hydrogen-bond donors (Lipinski definition) is 1. The minimum atomic E-state index is -3.63. The second kappa shape index (κ2) is 6.38. The van der Waals surface area contributed by atoms with Crippen LogP contribution in [0.5, 0.6) is 0 Å². The number of nitrogens with one attached hydrogen (secondary N) is 1. The standard InChI is InChI=1S/C14H19N3O3S/c1-11-6-4-5-7-12(11)13(20-3)8-16-21(18,19)14-9-17(2)10-15-14/h4-7,9-10,13,16H,8H2,1-3H3. The molecule has 2 aromatic rings. The van der Waals surface area contributed by atoms with Crippen LogP contribution in [0.25, 0.3) is 0 Å². The molecule has 0 saturated carbocycles. The molecule has 0 radical (unpaired) electrons. The fourth-order valence-electron chi connectivity index (χ4n) is 2.06. The average molecular weight is 309 g/mol. The minimum absolute atomic E-state index is 0.00429. The Morgan fingerprint density at radius 2 is 2.10 bits per heavy atom. The second-order valence-electron chi connectivity index (χ2n) is 4.81. The lowest BCUT2D eigenvalue weighted by atomic mass is 10.0. The van der Waals surface area contributed by atoms with Crippen LogP contribution in [-0.2, 0) is 21.8 Å². The molecule has 0 bridgehead atoms. The molecule has 0 aliphatic rings. The van der Waals surface area contributed by atoms with E-state index in [0.29, 0.717) is 0 Å². The Labute approximate surface area is 124 Å². The Balaban J connectivity index is 2.12. The van der Waals surface area contributed by atoms with Gasteiger partial charge in [-0.1, -0.05) is 24.3 Å². The molecule has 0 aliphatic heterocycles. The number of hydrogen-bond acceptors (Lipinski definition) is 4. The van der Waals surface area contributed by atoms with Gasteiger partial charge in [0.1, 0.15) is 0 Å². The number of methoxy groups -OCH3 is 1. The first kappa shape index (κ1) is 15.7. The summed E-state index contributed by atoms with van der Waals surface area (Å²) in [6.07, 6.45) is 2.56. The lowest BCUT2D eigenvalue weighted by molar-refractivity contribution is 0.107. The van der Waals surface area contributed by atoms with Crippen molar-refractivity contribution in [3.05, 3.63) is 47.9 Å². The largest absolute Gasteiger partial charge is 0.375 e. The number of benzene rings is 1. The van der Waals surface area contributed by atoms with E-state index in [4.69, 9.17) is 4.74 Å². The first-order chi connectivity index (χ1) is 9.94. The molecule has 0 saturated heterocycles. The summed E-state index contributed by atoms with van der Waals surface area (Å²) in [5, 5.41) is 0.00429. The average Bonchev–Trinajstić information content (AvgIpc) is 2.89. The van der Waals surface area contributed by atoms with Crippen LogP contribution in [-0.4, -0.2) is 31.6 Å². The summed E-state index contributed by atoms with van der Waals surface area (Å²) in [4.78, 5) is 3.85. The van der Waals surface area contributed by atoms with Crippen LogP contribution in [0.2, 0.25) is 0 Å². The Hall–Kier alpha value is -1.70. The molecule has 0 spiro atoms. The maximum Gasteiger partial charge on any atom is 0.259 e. The van der Waals surface area contributed by atoms with Gasteiger partial charge in [-0.3, -0.25) is 0 Å². The van der Waals surface area contributed by atoms with Gasteiger partial charge in [0.2, 0.25) is 0 Å². The third kappa shape index (κ3) is 3.69. The van der Waals surface area contributed by atoms with Gasteiger partial charge in [-0.15, -0.1) is 0 Å². The molecule has 0 fully saturated rings. The van der Waals surface area contributed by atoms with Gasteiger partial charge in [0, 0.05) is 26.9 Å². The van der Waals surface area contributed by atoms with Crippen molar-refractivity contribution in [2.45, 2.75) is 18.1 Å². The van der Waals surface area contributed by atoms with Gasteiger partial charge < -0.3 is 9.30 Å². The molecular formula is C14H19N3O3S. The summed E-state index contributed by atoms with van der Waals surface area (Å²) in [7, 11) is -0.346. The summed E-state index contributed by atoms with van der Waals surface area (Å²) in [6.45, 7) is 2.12. The zero-order valence-corrected chi connectivity index (χ0v) is 13.1. The molecule has 1 heterocycles. The molecule has 1 unspecified atom stereocenters. The van der Waals surface area contributed by atoms with Gasteiger partial charge >= 0.3 is 0 Å². The topological polar surface area (TPSA) is 73.2 Å². The highest BCUT2D eigenvalue weighted by atomic mass is 32.2. The SMILES string of the molecule is COC(CNS(=O)(=O)c1cn(C)cn1)c1ccccc1C. The van der Waals surface area contributed by atoms with Crippen LogP contribution in [0.4, 0.5) is 0 Å². The Bertz CT molecular complexity index is 710. The van der Waals surface area contributed by atoms with Crippen molar-refractivity contribution in [3.63, 3.8) is 0 Å². The van der Waals surface area contributed by atoms with E-state index in [-0.39, 0.29) is 17.7 Å². The van der Waals surface area contributed by atoms with Crippen molar-refractivity contribution in [2.75, 3.05) is 13.7 Å². The molecule has 6 nitrogen and oxygen atoms in total. The number of aryl methyl sites for hydroxylation is 2. The molecule has 7 heteroatoms. The van der Waals surface area contributed by atoms with Gasteiger partial charge in [-0.25, -0.2) is 18.1 Å². The lowest BCUT2D eigenvalue weighted by Gasteiger charge is -2.18. The Morgan fingerprint density at radius 1 is 1.38 bits per heavy atom. The third-order valence-corrected chi connectivity index (χ3v) is 4.54. The number of sulfonamides is 1. The quantitative estimate of drug-likeness (QED) is 0.875. The molecule has 2 rings (SSSR count). The van der Waals surface area contributed by atoms with Crippen molar-refractivity contribution in [3.8, 4) is 0 Å². The lowest BCUT2D eigenvalue weighted by Crippen LogP contribution is -2.29. The van der Waals surface area contributed by atoms with Crippen molar-refractivity contribution < 1.29 is 13.2 Å². The van der Waals surface area contributed by atoms with Gasteiger partial charge in [0.05, 0.1) is 12.4 Å². The first-order valence-corrected chi connectivity index (χ1v) is 7.98. The molecule has 1 aromatic carbocycles. The summed E-state index contributed by atoms with van der Waals surface area (Å²) in [5.41, 5.74) is 2.02. The predicted octanol–water partition coefficient (Wildman–Crippen LogP) is 1.39. The van der Waals surface area contributed by atoms with E-state index >= 15 is 0 Å². The molecule has 0 aliphatic carbocycles. The third-order valence-electron chi connectivity index (χ3n) is 3.24. The fourth-order valence-corrected chi connectivity index (χ4v) is 3.06. The minimum Gasteiger partial charge on any atom is -0.375 e. The van der Waals surface area contributed by atoms with E-state index in [2.05, 4.69) is 9.71 Å². The highest BCUT2D eigenvalue weighted by Crippen LogP contribution is 2.20. The smallest absolute Gasteiger partial charge is 0.259 e. The zero-order valence-electron chi connectivity index (χ0n) is 12.3. The molecule has 1 atom stereocenters. The highest BCUT2D eigenvalue weighted by Gasteiger charge is 2.20. The first-order valence-electron chi connectivity index (χ1n) is 6.50. The fraction of sp³-hybridized carbons (Fsp3) is 0.357. The normalized spacial score (nSPS) is 13.3. The second-order valence-corrected chi connectivity index (χ2v) is 6.52. The summed E-state index contributed by atoms with van der Waals surface area (Å²) >= 11 is 0. The molecular weight excluding hydrogens is 290 g/mol. The number of aromatic nitrogens is 2. The van der Waals surface area contributed by atoms with E-state index in [1.807, 2.05) is 31.2 Å². The van der Waals surface area contributed by atoms with Gasteiger partial charge in [-0.05, 0) is 18.1 Å². The summed E-state index contributed by atoms with van der Waals surface area (Å²) in [6, 6.07) is 7.73. The van der Waals surface area contributed by atoms with Crippen LogP contribution >= 0.6 is 0 Å². The number of imidazole rings is 1. The van der Waals surface area contributed by atoms with Crippen LogP contribution in [0.3, 0.4) is 0 Å². The Kier molecular flexibility index (Phi) is 4.76. The van der Waals surface area contributed by atoms with E-state index < -0.39 is 10.0 Å². The van der Waals surface area contributed by atoms with Crippen molar-refractivity contribution in [1.82, 2.24) is 14.3 Å². The molecule has 1 N–H and O–H groups in total. The van der Waals surface area contributed by atoms with Crippen molar-refractivity contribution in [1.29, 1.82) is 0 Å². The maximum atomic E-state index is 12.1. The Morgan fingerprint density at radius 3 is 2.67 bits per heavy atom. The van der Waals surface area contributed by atoms with Gasteiger partial charge in [0.15, 0.2) is 5.03 Å². The van der Waals surface area contributed by atoms with Crippen LogP contribution in [0, 0.1) is 6.92 Å². The van der Waals surface area contributed by atoms with Crippen LogP contribution in [0.1, 0.15) is 17.2 Å². The number of rotatable bonds is 6. The van der Waals surface area contributed by atoms with Gasteiger partial charge in [-0.2, -0.15) is 0 Å². The van der Waals surface area contributed by atoms with Crippen molar-refractivity contribution >= 4 is 10.0 Å². The van der Waals surface area contributed by atoms with E-state index in [9.17, 15) is 8.42 Å². The maximum absolute atomic E-state index is 12.1. The predicted molar refractivity (Wildman–Crippen MR) is 79.3 cm³/mol. The molecule has 114 valence electrons. The summed E-state index contributed by atoms with van der Waals surface area (Å²) in [5.74, 6) is 0. The monoisotopic (exact) mass is 309 g/mol. The van der Waals surface area contributed by atoms with Crippen LogP contribution < -0.4 is 4.72 Å². The molecule has 21 heavy (non-hydrogen) atoms. The van der Waals surface area contributed by atoms with E-state index in [1.54, 1.807) is 18.7 Å². The van der Waals surface area contributed by atoms with Crippen LogP contribution in [0.15, 0.2) is 41.8 Å². The van der Waals surface area contributed by atoms with E-state index in [1.165, 1.54) is 12.5 Å². The summed E-state index contributed by atoms with van der Waals surface area (Å²) < 4.78 is 33.8. The molecule has 0 amide bonds. The highest BCUT2D eigenvalue weighted by molar-refractivity contribution is 7.89. The van der Waals surface area contributed by atoms with E-state index in [0.717, 1.165) is 11.1 Å². The van der Waals surface area contributed by atoms with Gasteiger partial charge in [0.25, 0.3) is 10.0 Å². The zero-order chi connectivity index (χ0) is 15.5. The van der Waals surface area contributed by atoms with Crippen molar-refractivity contribution in [2.24, 2.45) is 7.05 Å². The number of ether oxygens (including phenoxy) is 1. The molecule has 1 aromatic heterocycles. The number of nitrogens with zero attached hydrogens (tertiary/aromatic N) is 2.